The number of hydrogen-bond acceptors (Lipinski definition) is 6. The highest BCUT2D eigenvalue weighted by atomic mass is 16.6. The molecule has 3 rings (SSSR count). The predicted molar refractivity (Wildman–Crippen MR) is 104 cm³/mol. The fraction of sp³-hybridized carbons (Fsp3) is 0.211. The molecule has 1 saturated heterocycles. The molecule has 1 fully saturated rings. The van der Waals surface area contributed by atoms with Crippen LogP contribution in [0.25, 0.3) is 6.08 Å². The van der Waals surface area contributed by atoms with Crippen LogP contribution >= 0.6 is 0 Å². The summed E-state index contributed by atoms with van der Waals surface area (Å²) in [6.45, 7) is 1.75. The van der Waals surface area contributed by atoms with Gasteiger partial charge in [0.2, 0.25) is 5.91 Å². The van der Waals surface area contributed by atoms with E-state index in [2.05, 4.69) is 0 Å². The molecule has 2 aromatic rings. The summed E-state index contributed by atoms with van der Waals surface area (Å²) in [5.41, 5.74) is 0.876. The maximum atomic E-state index is 12.4. The zero-order valence-electron chi connectivity index (χ0n) is 14.9. The molecule has 0 N–H and O–H groups in total. The van der Waals surface area contributed by atoms with Crippen molar-refractivity contribution in [3.8, 4) is 0 Å². The molecular formula is C19H18N4O5. The number of amides is 1. The van der Waals surface area contributed by atoms with Crippen molar-refractivity contribution in [1.29, 1.82) is 0 Å². The standard InChI is InChI=1S/C19H18N4O5/c24-19(10-9-15-5-1-2-6-16(15)22(25)26)21-13-11-20(12-14-21)17-7-3-4-8-18(17)23(27)28/h1-10H,11-14H2/b10-9+. The van der Waals surface area contributed by atoms with Crippen LogP contribution in [0, 0.1) is 20.2 Å². The molecule has 0 aliphatic carbocycles. The van der Waals surface area contributed by atoms with Crippen LogP contribution in [0.4, 0.5) is 17.1 Å². The molecule has 0 spiro atoms. The molecule has 0 radical (unpaired) electrons. The maximum absolute atomic E-state index is 12.4. The third kappa shape index (κ3) is 4.14. The second-order valence-electron chi connectivity index (χ2n) is 6.21. The predicted octanol–water partition coefficient (Wildman–Crippen LogP) is 2.87. The van der Waals surface area contributed by atoms with Gasteiger partial charge in [0.05, 0.1) is 15.4 Å². The first kappa shape index (κ1) is 19.0. The van der Waals surface area contributed by atoms with Gasteiger partial charge in [0.1, 0.15) is 5.69 Å². The number of rotatable bonds is 5. The van der Waals surface area contributed by atoms with Gasteiger partial charge in [-0.05, 0) is 18.2 Å². The molecule has 2 aromatic carbocycles. The normalized spacial score (nSPS) is 14.3. The van der Waals surface area contributed by atoms with Crippen LogP contribution in [-0.2, 0) is 4.79 Å². The summed E-state index contributed by atoms with van der Waals surface area (Å²) < 4.78 is 0. The van der Waals surface area contributed by atoms with E-state index in [1.54, 1.807) is 41.3 Å². The Balaban J connectivity index is 1.65. The largest absolute Gasteiger partial charge is 0.362 e. The molecule has 1 aliphatic rings. The maximum Gasteiger partial charge on any atom is 0.292 e. The van der Waals surface area contributed by atoms with Crippen LogP contribution in [0.5, 0.6) is 0 Å². The number of benzene rings is 2. The Labute approximate surface area is 160 Å². The fourth-order valence-corrected chi connectivity index (χ4v) is 3.11. The van der Waals surface area contributed by atoms with Crippen molar-refractivity contribution in [2.75, 3.05) is 31.1 Å². The van der Waals surface area contributed by atoms with Crippen molar-refractivity contribution in [1.82, 2.24) is 4.90 Å². The van der Waals surface area contributed by atoms with Crippen molar-refractivity contribution in [2.45, 2.75) is 0 Å². The molecular weight excluding hydrogens is 364 g/mol. The lowest BCUT2D eigenvalue weighted by Crippen LogP contribution is -2.48. The van der Waals surface area contributed by atoms with Crippen LogP contribution < -0.4 is 4.90 Å². The fourth-order valence-electron chi connectivity index (χ4n) is 3.11. The van der Waals surface area contributed by atoms with Gasteiger partial charge in [-0.2, -0.15) is 0 Å². The number of para-hydroxylation sites is 3. The third-order valence-corrected chi connectivity index (χ3v) is 4.55. The topological polar surface area (TPSA) is 110 Å². The number of nitro groups is 2. The summed E-state index contributed by atoms with van der Waals surface area (Å²) >= 11 is 0. The summed E-state index contributed by atoms with van der Waals surface area (Å²) in [5, 5.41) is 22.2. The van der Waals surface area contributed by atoms with Gasteiger partial charge < -0.3 is 9.80 Å². The van der Waals surface area contributed by atoms with Crippen LogP contribution in [0.15, 0.2) is 54.6 Å². The summed E-state index contributed by atoms with van der Waals surface area (Å²) in [6.07, 6.45) is 2.76. The van der Waals surface area contributed by atoms with Gasteiger partial charge in [0.25, 0.3) is 11.4 Å². The SMILES string of the molecule is O=C(/C=C/c1ccccc1[N+](=O)[O-])N1CCN(c2ccccc2[N+](=O)[O-])CC1. The minimum absolute atomic E-state index is 0.0403. The zero-order valence-corrected chi connectivity index (χ0v) is 14.9. The number of nitrogens with zero attached hydrogens (tertiary/aromatic N) is 4. The molecule has 144 valence electrons. The molecule has 0 aromatic heterocycles. The highest BCUT2D eigenvalue weighted by Crippen LogP contribution is 2.28. The second-order valence-corrected chi connectivity index (χ2v) is 6.21. The first-order valence-corrected chi connectivity index (χ1v) is 8.66. The van der Waals surface area contributed by atoms with Crippen molar-refractivity contribution in [2.24, 2.45) is 0 Å². The van der Waals surface area contributed by atoms with Crippen LogP contribution in [-0.4, -0.2) is 46.8 Å². The van der Waals surface area contributed by atoms with E-state index in [1.165, 1.54) is 24.3 Å². The molecule has 28 heavy (non-hydrogen) atoms. The molecule has 0 unspecified atom stereocenters. The Morgan fingerprint density at radius 1 is 0.857 bits per heavy atom. The van der Waals surface area contributed by atoms with E-state index < -0.39 is 9.85 Å². The van der Waals surface area contributed by atoms with Gasteiger partial charge in [-0.1, -0.05) is 24.3 Å². The van der Waals surface area contributed by atoms with Crippen LogP contribution in [0.2, 0.25) is 0 Å². The monoisotopic (exact) mass is 382 g/mol. The summed E-state index contributed by atoms with van der Waals surface area (Å²) in [4.78, 5) is 37.2. The summed E-state index contributed by atoms with van der Waals surface area (Å²) in [7, 11) is 0. The summed E-state index contributed by atoms with van der Waals surface area (Å²) in [6, 6.07) is 12.7. The van der Waals surface area contributed by atoms with Crippen LogP contribution in [0.1, 0.15) is 5.56 Å². The minimum atomic E-state index is -0.490. The number of anilines is 1. The van der Waals surface area contributed by atoms with E-state index in [4.69, 9.17) is 0 Å². The van der Waals surface area contributed by atoms with Gasteiger partial charge in [-0.3, -0.25) is 25.0 Å². The molecule has 1 heterocycles. The highest BCUT2D eigenvalue weighted by molar-refractivity contribution is 5.92. The van der Waals surface area contributed by atoms with Crippen molar-refractivity contribution in [3.63, 3.8) is 0 Å². The second kappa shape index (κ2) is 8.30. The number of nitro benzene ring substituents is 2. The summed E-state index contributed by atoms with van der Waals surface area (Å²) in [5.74, 6) is -0.250. The molecule has 9 heteroatoms. The Morgan fingerprint density at radius 2 is 1.43 bits per heavy atom. The number of piperazine rings is 1. The van der Waals surface area contributed by atoms with Gasteiger partial charge in [0.15, 0.2) is 0 Å². The molecule has 1 aliphatic heterocycles. The van der Waals surface area contributed by atoms with Gasteiger partial charge in [-0.15, -0.1) is 0 Å². The molecule has 0 bridgehead atoms. The Morgan fingerprint density at radius 3 is 2.07 bits per heavy atom. The number of hydrogen-bond donors (Lipinski definition) is 0. The smallest absolute Gasteiger partial charge is 0.292 e. The quantitative estimate of drug-likeness (QED) is 0.447. The average molecular weight is 382 g/mol. The van der Waals surface area contributed by atoms with Crippen LogP contribution in [0.3, 0.4) is 0 Å². The van der Waals surface area contributed by atoms with E-state index in [1.807, 2.05) is 4.90 Å². The minimum Gasteiger partial charge on any atom is -0.362 e. The van der Waals surface area contributed by atoms with E-state index in [9.17, 15) is 25.0 Å². The van der Waals surface area contributed by atoms with Gasteiger partial charge >= 0.3 is 0 Å². The molecule has 9 nitrogen and oxygen atoms in total. The van der Waals surface area contributed by atoms with E-state index in [0.29, 0.717) is 37.4 Å². The first-order valence-electron chi connectivity index (χ1n) is 8.66. The van der Waals surface area contributed by atoms with Gasteiger partial charge in [-0.25, -0.2) is 0 Å². The Hall–Kier alpha value is -3.75. The van der Waals surface area contributed by atoms with Crippen molar-refractivity contribution >= 4 is 29.0 Å². The van der Waals surface area contributed by atoms with E-state index in [-0.39, 0.29) is 17.3 Å². The lowest BCUT2D eigenvalue weighted by molar-refractivity contribution is -0.385. The zero-order chi connectivity index (χ0) is 20.1. The lowest BCUT2D eigenvalue weighted by atomic mass is 10.1. The van der Waals surface area contributed by atoms with Crippen molar-refractivity contribution < 1.29 is 14.6 Å². The van der Waals surface area contributed by atoms with Crippen molar-refractivity contribution in [3.05, 3.63) is 80.4 Å². The Kier molecular flexibility index (Phi) is 5.64. The van der Waals surface area contributed by atoms with E-state index >= 15 is 0 Å². The lowest BCUT2D eigenvalue weighted by Gasteiger charge is -2.35. The van der Waals surface area contributed by atoms with E-state index in [0.717, 1.165) is 0 Å². The van der Waals surface area contributed by atoms with Gasteiger partial charge in [0, 0.05) is 44.4 Å². The Bertz CT molecular complexity index is 935. The first-order chi connectivity index (χ1) is 13.5. The molecule has 1 amide bonds. The number of carbonyl (C=O) groups is 1. The number of carbonyl (C=O) groups excluding carboxylic acids is 1. The molecule has 0 saturated carbocycles. The average Bonchev–Trinajstić information content (AvgIpc) is 2.72. The molecule has 0 atom stereocenters. The third-order valence-electron chi connectivity index (χ3n) is 4.55. The highest BCUT2D eigenvalue weighted by Gasteiger charge is 2.24.